The summed E-state index contributed by atoms with van der Waals surface area (Å²) in [7, 11) is 2.07. The molecule has 2 atom stereocenters. The number of carbonyl (C=O) groups is 1. The number of amides is 1. The molecule has 1 aliphatic rings. The lowest BCUT2D eigenvalue weighted by molar-refractivity contribution is -0.123. The predicted molar refractivity (Wildman–Crippen MR) is 147 cm³/mol. The van der Waals surface area contributed by atoms with Gasteiger partial charge in [0.1, 0.15) is 6.04 Å². The van der Waals surface area contributed by atoms with E-state index in [1.165, 1.54) is 60.6 Å². The first-order chi connectivity index (χ1) is 16.5. The molecule has 0 unspecified atom stereocenters. The minimum absolute atomic E-state index is 0.0815. The number of nitrogens with zero attached hydrogens (tertiary/aromatic N) is 1. The Morgan fingerprint density at radius 3 is 2.65 bits per heavy atom. The number of hydrogen-bond donors (Lipinski definition) is 3. The second-order valence-electron chi connectivity index (χ2n) is 10.2. The Hall–Kier alpha value is -1.66. The van der Waals surface area contributed by atoms with Gasteiger partial charge in [0.2, 0.25) is 5.91 Å². The molecule has 190 valence electrons. The van der Waals surface area contributed by atoms with Gasteiger partial charge in [0.25, 0.3) is 0 Å². The number of unbranched alkanes of at least 4 members (excludes halogenated alkanes) is 5. The van der Waals surface area contributed by atoms with Crippen molar-refractivity contribution >= 4 is 34.3 Å². The van der Waals surface area contributed by atoms with Crippen LogP contribution < -0.4 is 10.2 Å². The number of rotatable bonds is 13. The number of aryl methyl sites for hydroxylation is 1. The smallest absolute Gasteiger partial charge is 0.243 e. The molecular formula is C28H45N3O2S. The molecule has 0 saturated carbocycles. The lowest BCUT2D eigenvalue weighted by Gasteiger charge is -2.33. The summed E-state index contributed by atoms with van der Waals surface area (Å²) in [4.78, 5) is 19.2. The van der Waals surface area contributed by atoms with Gasteiger partial charge in [-0.05, 0) is 54.5 Å². The van der Waals surface area contributed by atoms with Crippen LogP contribution in [0.3, 0.4) is 0 Å². The lowest BCUT2D eigenvalue weighted by Crippen LogP contribution is -2.51. The minimum Gasteiger partial charge on any atom is -0.396 e. The van der Waals surface area contributed by atoms with Gasteiger partial charge in [-0.1, -0.05) is 58.9 Å². The van der Waals surface area contributed by atoms with E-state index in [1.807, 2.05) is 11.8 Å². The zero-order valence-corrected chi connectivity index (χ0v) is 22.5. The van der Waals surface area contributed by atoms with Gasteiger partial charge in [0, 0.05) is 42.7 Å². The molecule has 1 aromatic heterocycles. The van der Waals surface area contributed by atoms with Gasteiger partial charge >= 0.3 is 0 Å². The third-order valence-electron chi connectivity index (χ3n) is 7.06. The van der Waals surface area contributed by atoms with Gasteiger partial charge in [-0.3, -0.25) is 4.79 Å². The van der Waals surface area contributed by atoms with Crippen LogP contribution >= 0.6 is 11.8 Å². The Morgan fingerprint density at radius 1 is 1.15 bits per heavy atom. The number of aliphatic hydroxyl groups excluding tert-OH is 1. The molecule has 2 heterocycles. The van der Waals surface area contributed by atoms with Crippen molar-refractivity contribution in [3.05, 3.63) is 29.5 Å². The number of aromatic amines is 1. The average molecular weight is 488 g/mol. The van der Waals surface area contributed by atoms with Gasteiger partial charge in [-0.15, -0.1) is 0 Å². The third-order valence-corrected chi connectivity index (χ3v) is 8.27. The first-order valence-corrected chi connectivity index (χ1v) is 14.5. The first kappa shape index (κ1) is 26.9. The van der Waals surface area contributed by atoms with E-state index in [9.17, 15) is 4.79 Å². The van der Waals surface area contributed by atoms with Gasteiger partial charge < -0.3 is 20.3 Å². The third kappa shape index (κ3) is 6.72. The molecule has 5 nitrogen and oxygen atoms in total. The number of carbonyl (C=O) groups excluding carboxylic acids is 1. The Kier molecular flexibility index (Phi) is 10.6. The van der Waals surface area contributed by atoms with Crippen LogP contribution in [0.5, 0.6) is 0 Å². The summed E-state index contributed by atoms with van der Waals surface area (Å²) in [6.45, 7) is 6.75. The molecule has 0 fully saturated rings. The molecule has 1 amide bonds. The van der Waals surface area contributed by atoms with E-state index in [0.717, 1.165) is 36.5 Å². The summed E-state index contributed by atoms with van der Waals surface area (Å²) in [6, 6.07) is 4.39. The van der Waals surface area contributed by atoms with Crippen LogP contribution in [-0.2, 0) is 17.6 Å². The van der Waals surface area contributed by atoms with E-state index >= 15 is 0 Å². The highest BCUT2D eigenvalue weighted by Crippen LogP contribution is 2.36. The summed E-state index contributed by atoms with van der Waals surface area (Å²) >= 11 is 1.82. The summed E-state index contributed by atoms with van der Waals surface area (Å²) in [6.07, 6.45) is 12.7. The number of hydrogen-bond acceptors (Lipinski definition) is 4. The van der Waals surface area contributed by atoms with Crippen LogP contribution in [0.2, 0.25) is 0 Å². The summed E-state index contributed by atoms with van der Waals surface area (Å²) in [5.74, 6) is 2.09. The number of aliphatic hydroxyl groups is 1. The summed E-state index contributed by atoms with van der Waals surface area (Å²) in [5.41, 5.74) is 5.08. The number of aromatic nitrogens is 1. The average Bonchev–Trinajstić information content (AvgIpc) is 3.23. The number of H-pyrrole nitrogens is 1. The molecule has 0 bridgehead atoms. The zero-order chi connectivity index (χ0) is 24.5. The van der Waals surface area contributed by atoms with E-state index in [2.05, 4.69) is 61.3 Å². The van der Waals surface area contributed by atoms with Crippen molar-refractivity contribution in [3.8, 4) is 0 Å². The molecule has 34 heavy (non-hydrogen) atoms. The van der Waals surface area contributed by atoms with Crippen molar-refractivity contribution < 1.29 is 9.90 Å². The van der Waals surface area contributed by atoms with Gasteiger partial charge in [-0.25, -0.2) is 0 Å². The number of anilines is 1. The minimum atomic E-state index is -0.210. The van der Waals surface area contributed by atoms with E-state index in [0.29, 0.717) is 0 Å². The van der Waals surface area contributed by atoms with Crippen molar-refractivity contribution in [2.75, 3.05) is 30.1 Å². The number of nitrogens with one attached hydrogen (secondary N) is 2. The Labute approximate surface area is 210 Å². The quantitative estimate of drug-likeness (QED) is 0.318. The molecule has 6 heteroatoms. The Bertz CT molecular complexity index is 910. The molecule has 2 aromatic rings. The molecule has 3 N–H and O–H groups in total. The van der Waals surface area contributed by atoms with Crippen LogP contribution in [0, 0.1) is 5.92 Å². The van der Waals surface area contributed by atoms with E-state index in [4.69, 9.17) is 5.11 Å². The molecular weight excluding hydrogens is 442 g/mol. The van der Waals surface area contributed by atoms with Crippen molar-refractivity contribution in [1.29, 1.82) is 0 Å². The fourth-order valence-electron chi connectivity index (χ4n) is 5.29. The van der Waals surface area contributed by atoms with E-state index in [-0.39, 0.29) is 30.5 Å². The maximum Gasteiger partial charge on any atom is 0.243 e. The number of benzene rings is 1. The highest BCUT2D eigenvalue weighted by atomic mass is 32.2. The standard InChI is InChI=1S/C28H45N3O2S/c1-5-6-7-8-9-10-12-21-13-14-24-25-22(18-29-26(21)25)17-23(19-34-16-11-15-32)30-28(33)27(20(2)3)31(24)4/h13-14,18,20,23,27,29,32H,5-12,15-17,19H2,1-4H3,(H,30,33)/t23-,27-/m0/s1. The molecule has 0 radical (unpaired) electrons. The van der Waals surface area contributed by atoms with E-state index in [1.54, 1.807) is 0 Å². The molecule has 0 aliphatic carbocycles. The van der Waals surface area contributed by atoms with Crippen molar-refractivity contribution in [2.24, 2.45) is 5.92 Å². The zero-order valence-electron chi connectivity index (χ0n) is 21.7. The van der Waals surface area contributed by atoms with Crippen LogP contribution in [0.15, 0.2) is 18.3 Å². The highest BCUT2D eigenvalue weighted by molar-refractivity contribution is 7.99. The van der Waals surface area contributed by atoms with Crippen LogP contribution in [0.1, 0.15) is 76.8 Å². The lowest BCUT2D eigenvalue weighted by atomic mass is 9.97. The molecule has 1 aromatic carbocycles. The van der Waals surface area contributed by atoms with Gasteiger partial charge in [0.05, 0.1) is 5.52 Å². The molecule has 3 rings (SSSR count). The maximum absolute atomic E-state index is 13.4. The maximum atomic E-state index is 13.4. The van der Waals surface area contributed by atoms with Crippen LogP contribution in [-0.4, -0.2) is 53.2 Å². The Morgan fingerprint density at radius 2 is 1.91 bits per heavy atom. The molecule has 1 aliphatic heterocycles. The topological polar surface area (TPSA) is 68.4 Å². The summed E-state index contributed by atoms with van der Waals surface area (Å²) < 4.78 is 0. The fourth-order valence-corrected chi connectivity index (χ4v) is 6.27. The molecule has 0 spiro atoms. The first-order valence-electron chi connectivity index (χ1n) is 13.3. The summed E-state index contributed by atoms with van der Waals surface area (Å²) in [5, 5.41) is 13.8. The predicted octanol–water partition coefficient (Wildman–Crippen LogP) is 5.69. The normalized spacial score (nSPS) is 18.8. The van der Waals surface area contributed by atoms with Gasteiger partial charge in [-0.2, -0.15) is 11.8 Å². The number of likely N-dealkylation sites (N-methyl/N-ethyl adjacent to an activating group) is 1. The van der Waals surface area contributed by atoms with Crippen molar-refractivity contribution in [1.82, 2.24) is 10.3 Å². The molecule has 0 saturated heterocycles. The SMILES string of the molecule is CCCCCCCCc1ccc2c3c(c[nH]c13)C[C@@H](CSCCCO)NC(=O)[C@H](C(C)C)N2C. The second-order valence-corrected chi connectivity index (χ2v) is 11.3. The Balaban J connectivity index is 1.88. The second kappa shape index (κ2) is 13.4. The monoisotopic (exact) mass is 487 g/mol. The van der Waals surface area contributed by atoms with Crippen LogP contribution in [0.4, 0.5) is 5.69 Å². The van der Waals surface area contributed by atoms with Crippen molar-refractivity contribution in [2.45, 2.75) is 90.6 Å². The van der Waals surface area contributed by atoms with Crippen molar-refractivity contribution in [3.63, 3.8) is 0 Å². The highest BCUT2D eigenvalue weighted by Gasteiger charge is 2.32. The van der Waals surface area contributed by atoms with Crippen LogP contribution in [0.25, 0.3) is 10.9 Å². The fraction of sp³-hybridized carbons (Fsp3) is 0.679. The van der Waals surface area contributed by atoms with E-state index < -0.39 is 0 Å². The number of thioether (sulfide) groups is 1. The van der Waals surface area contributed by atoms with Gasteiger partial charge in [0.15, 0.2) is 0 Å². The largest absolute Gasteiger partial charge is 0.396 e.